The Morgan fingerprint density at radius 3 is 2.56 bits per heavy atom. The fraction of sp³-hybridized carbons (Fsp3) is 0.429. The maximum absolute atomic E-state index is 4.25. The van der Waals surface area contributed by atoms with E-state index in [4.69, 9.17) is 0 Å². The highest BCUT2D eigenvalue weighted by atomic mass is 32.1. The summed E-state index contributed by atoms with van der Waals surface area (Å²) in [6.07, 6.45) is 2.22. The summed E-state index contributed by atoms with van der Waals surface area (Å²) in [7, 11) is 0. The molecule has 0 aliphatic carbocycles. The summed E-state index contributed by atoms with van der Waals surface area (Å²) in [5, 5.41) is 13.9. The van der Waals surface area contributed by atoms with Gasteiger partial charge in [-0.2, -0.15) is 0 Å². The van der Waals surface area contributed by atoms with Crippen molar-refractivity contribution in [2.75, 3.05) is 6.54 Å². The van der Waals surface area contributed by atoms with Gasteiger partial charge in [0.1, 0.15) is 10.0 Å². The quantitative estimate of drug-likeness (QED) is 0.811. The lowest BCUT2D eigenvalue weighted by Gasteiger charge is -1.98. The number of aromatic nitrogens is 2. The fourth-order valence-corrected chi connectivity index (χ4v) is 2.51. The Bertz CT molecular complexity index is 476. The first-order valence-corrected chi connectivity index (χ1v) is 7.27. The van der Waals surface area contributed by atoms with E-state index in [1.165, 1.54) is 5.56 Å². The summed E-state index contributed by atoms with van der Waals surface area (Å²) in [5.74, 6) is 0. The SMILES string of the molecule is CCCNCc1nnc(-c2ccc(CC)cc2)s1. The second-order valence-electron chi connectivity index (χ2n) is 4.23. The molecule has 0 saturated carbocycles. The molecule has 1 N–H and O–H groups in total. The van der Waals surface area contributed by atoms with Crippen molar-refractivity contribution in [3.8, 4) is 10.6 Å². The van der Waals surface area contributed by atoms with Gasteiger partial charge in [0.15, 0.2) is 0 Å². The van der Waals surface area contributed by atoms with E-state index in [2.05, 4.69) is 53.6 Å². The molecule has 18 heavy (non-hydrogen) atoms. The minimum atomic E-state index is 0.818. The minimum Gasteiger partial charge on any atom is -0.310 e. The highest BCUT2D eigenvalue weighted by molar-refractivity contribution is 7.14. The molecule has 0 aliphatic rings. The number of nitrogens with one attached hydrogen (secondary N) is 1. The Hall–Kier alpha value is -1.26. The molecule has 0 bridgehead atoms. The molecular weight excluding hydrogens is 242 g/mol. The van der Waals surface area contributed by atoms with Crippen LogP contribution in [0.15, 0.2) is 24.3 Å². The number of hydrogen-bond donors (Lipinski definition) is 1. The third-order valence-corrected chi connectivity index (χ3v) is 3.75. The first kappa shape index (κ1) is 13.2. The zero-order chi connectivity index (χ0) is 12.8. The van der Waals surface area contributed by atoms with Crippen molar-refractivity contribution >= 4 is 11.3 Å². The van der Waals surface area contributed by atoms with Gasteiger partial charge in [0, 0.05) is 12.1 Å². The molecule has 3 nitrogen and oxygen atoms in total. The largest absolute Gasteiger partial charge is 0.310 e. The van der Waals surface area contributed by atoms with Crippen molar-refractivity contribution < 1.29 is 0 Å². The van der Waals surface area contributed by atoms with E-state index in [0.717, 1.165) is 41.5 Å². The van der Waals surface area contributed by atoms with E-state index in [9.17, 15) is 0 Å². The lowest BCUT2D eigenvalue weighted by molar-refractivity contribution is 0.668. The van der Waals surface area contributed by atoms with E-state index in [0.29, 0.717) is 0 Å². The van der Waals surface area contributed by atoms with Gasteiger partial charge in [-0.25, -0.2) is 0 Å². The van der Waals surface area contributed by atoms with Crippen LogP contribution in [0, 0.1) is 0 Å². The van der Waals surface area contributed by atoms with Crippen LogP contribution in [0.1, 0.15) is 30.8 Å². The molecule has 0 radical (unpaired) electrons. The van der Waals surface area contributed by atoms with Gasteiger partial charge in [-0.05, 0) is 24.9 Å². The lowest BCUT2D eigenvalue weighted by Crippen LogP contribution is -2.13. The molecule has 0 spiro atoms. The second kappa shape index (κ2) is 6.61. The molecule has 0 unspecified atom stereocenters. The van der Waals surface area contributed by atoms with Gasteiger partial charge in [0.05, 0.1) is 0 Å². The number of nitrogens with zero attached hydrogens (tertiary/aromatic N) is 2. The fourth-order valence-electron chi connectivity index (χ4n) is 1.70. The van der Waals surface area contributed by atoms with Crippen LogP contribution in [-0.4, -0.2) is 16.7 Å². The standard InChI is InChI=1S/C14H19N3S/c1-3-9-15-10-13-16-17-14(18-13)12-7-5-11(4-2)6-8-12/h5-8,15H,3-4,9-10H2,1-2H3. The third kappa shape index (κ3) is 3.37. The molecular formula is C14H19N3S. The van der Waals surface area contributed by atoms with Crippen molar-refractivity contribution in [2.45, 2.75) is 33.2 Å². The van der Waals surface area contributed by atoms with Crippen LogP contribution in [0.5, 0.6) is 0 Å². The summed E-state index contributed by atoms with van der Waals surface area (Å²) >= 11 is 1.67. The Morgan fingerprint density at radius 1 is 1.11 bits per heavy atom. The van der Waals surface area contributed by atoms with Gasteiger partial charge in [0.2, 0.25) is 0 Å². The maximum atomic E-state index is 4.25. The molecule has 0 saturated heterocycles. The van der Waals surface area contributed by atoms with Gasteiger partial charge >= 0.3 is 0 Å². The Labute approximate surface area is 112 Å². The molecule has 1 aromatic carbocycles. The smallest absolute Gasteiger partial charge is 0.147 e. The normalized spacial score (nSPS) is 10.8. The van der Waals surface area contributed by atoms with E-state index < -0.39 is 0 Å². The predicted octanol–water partition coefficient (Wildman–Crippen LogP) is 3.27. The summed E-state index contributed by atoms with van der Waals surface area (Å²) in [5.41, 5.74) is 2.51. The van der Waals surface area contributed by atoms with Gasteiger partial charge in [-0.15, -0.1) is 10.2 Å². The Morgan fingerprint density at radius 2 is 1.89 bits per heavy atom. The van der Waals surface area contributed by atoms with Gasteiger partial charge in [-0.3, -0.25) is 0 Å². The summed E-state index contributed by atoms with van der Waals surface area (Å²) in [6.45, 7) is 6.17. The highest BCUT2D eigenvalue weighted by Gasteiger charge is 2.06. The number of benzene rings is 1. The zero-order valence-electron chi connectivity index (χ0n) is 10.9. The average molecular weight is 261 g/mol. The first-order valence-electron chi connectivity index (χ1n) is 6.46. The maximum Gasteiger partial charge on any atom is 0.147 e. The first-order chi connectivity index (χ1) is 8.83. The van der Waals surface area contributed by atoms with Crippen LogP contribution in [-0.2, 0) is 13.0 Å². The molecule has 2 rings (SSSR count). The molecule has 1 heterocycles. The molecule has 1 aromatic heterocycles. The van der Waals surface area contributed by atoms with Crippen LogP contribution in [0.4, 0.5) is 0 Å². The summed E-state index contributed by atoms with van der Waals surface area (Å²) in [4.78, 5) is 0. The second-order valence-corrected chi connectivity index (χ2v) is 5.29. The molecule has 2 aromatic rings. The van der Waals surface area contributed by atoms with Crippen LogP contribution < -0.4 is 5.32 Å². The molecule has 96 valence electrons. The Balaban J connectivity index is 2.04. The van der Waals surface area contributed by atoms with Crippen molar-refractivity contribution in [3.63, 3.8) is 0 Å². The zero-order valence-corrected chi connectivity index (χ0v) is 11.8. The van der Waals surface area contributed by atoms with Crippen LogP contribution in [0.3, 0.4) is 0 Å². The van der Waals surface area contributed by atoms with Gasteiger partial charge in [0.25, 0.3) is 0 Å². The minimum absolute atomic E-state index is 0.818. The van der Waals surface area contributed by atoms with E-state index in [-0.39, 0.29) is 0 Å². The number of rotatable bonds is 6. The number of hydrogen-bond acceptors (Lipinski definition) is 4. The lowest BCUT2D eigenvalue weighted by atomic mass is 10.1. The van der Waals surface area contributed by atoms with Crippen molar-refractivity contribution in [3.05, 3.63) is 34.8 Å². The summed E-state index contributed by atoms with van der Waals surface area (Å²) in [6, 6.07) is 8.57. The van der Waals surface area contributed by atoms with Crippen molar-refractivity contribution in [2.24, 2.45) is 0 Å². The topological polar surface area (TPSA) is 37.8 Å². The van der Waals surface area contributed by atoms with Crippen LogP contribution in [0.25, 0.3) is 10.6 Å². The predicted molar refractivity (Wildman–Crippen MR) is 76.7 cm³/mol. The molecule has 4 heteroatoms. The van der Waals surface area contributed by atoms with Crippen LogP contribution in [0.2, 0.25) is 0 Å². The van der Waals surface area contributed by atoms with E-state index in [1.807, 2.05) is 0 Å². The molecule has 0 atom stereocenters. The third-order valence-electron chi connectivity index (χ3n) is 2.78. The van der Waals surface area contributed by atoms with E-state index >= 15 is 0 Å². The molecule has 0 fully saturated rings. The van der Waals surface area contributed by atoms with Crippen molar-refractivity contribution in [1.29, 1.82) is 0 Å². The van der Waals surface area contributed by atoms with E-state index in [1.54, 1.807) is 11.3 Å². The molecule has 0 aliphatic heterocycles. The van der Waals surface area contributed by atoms with Gasteiger partial charge < -0.3 is 5.32 Å². The van der Waals surface area contributed by atoms with Gasteiger partial charge in [-0.1, -0.05) is 49.4 Å². The molecule has 0 amide bonds. The monoisotopic (exact) mass is 261 g/mol. The summed E-state index contributed by atoms with van der Waals surface area (Å²) < 4.78 is 0. The Kier molecular flexibility index (Phi) is 4.84. The van der Waals surface area contributed by atoms with Crippen molar-refractivity contribution in [1.82, 2.24) is 15.5 Å². The number of aryl methyl sites for hydroxylation is 1. The average Bonchev–Trinajstić information content (AvgIpc) is 2.88. The van der Waals surface area contributed by atoms with Crippen LogP contribution >= 0.6 is 11.3 Å². The highest BCUT2D eigenvalue weighted by Crippen LogP contribution is 2.23.